The molecule has 0 fully saturated rings. The molecule has 0 spiro atoms. The van der Waals surface area contributed by atoms with Gasteiger partial charge in [0.05, 0.1) is 8.95 Å². The van der Waals surface area contributed by atoms with E-state index in [1.165, 1.54) is 0 Å². The summed E-state index contributed by atoms with van der Waals surface area (Å²) in [6.45, 7) is 5.63. The van der Waals surface area contributed by atoms with Crippen LogP contribution in [0, 0.1) is 0 Å². The minimum Gasteiger partial charge on any atom is -0.479 e. The van der Waals surface area contributed by atoms with Gasteiger partial charge in [0.1, 0.15) is 12.0 Å². The highest BCUT2D eigenvalue weighted by Crippen LogP contribution is 2.35. The van der Waals surface area contributed by atoms with Crippen molar-refractivity contribution >= 4 is 44.1 Å². The molecule has 2 atom stereocenters. The van der Waals surface area contributed by atoms with Gasteiger partial charge < -0.3 is 10.1 Å². The van der Waals surface area contributed by atoms with E-state index in [1.807, 2.05) is 13.8 Å². The van der Waals surface area contributed by atoms with Gasteiger partial charge in [-0.2, -0.15) is 0 Å². The first-order valence-electron chi connectivity index (χ1n) is 6.30. The maximum absolute atomic E-state index is 11.9. The molecule has 2 unspecified atom stereocenters. The molecule has 1 amide bonds. The lowest BCUT2D eigenvalue weighted by Crippen LogP contribution is -2.41. The Morgan fingerprint density at radius 3 is 2.35 bits per heavy atom. The molecule has 0 radical (unpaired) electrons. The average molecular weight is 407 g/mol. The van der Waals surface area contributed by atoms with Gasteiger partial charge in [-0.15, -0.1) is 0 Å². The highest BCUT2D eigenvalue weighted by molar-refractivity contribution is 9.11. The van der Waals surface area contributed by atoms with Crippen molar-refractivity contribution in [3.05, 3.63) is 26.6 Å². The summed E-state index contributed by atoms with van der Waals surface area (Å²) in [6, 6.07) is 3.40. The van der Waals surface area contributed by atoms with E-state index in [9.17, 15) is 9.59 Å². The lowest BCUT2D eigenvalue weighted by Gasteiger charge is -2.19. The Balaban J connectivity index is 2.83. The molecule has 4 nitrogen and oxygen atoms in total. The maximum Gasteiger partial charge on any atom is 0.260 e. The first-order valence-corrected chi connectivity index (χ1v) is 7.88. The van der Waals surface area contributed by atoms with Crippen LogP contribution in [0.5, 0.6) is 5.75 Å². The zero-order chi connectivity index (χ0) is 15.3. The van der Waals surface area contributed by atoms with E-state index in [0.717, 1.165) is 12.7 Å². The second-order valence-corrected chi connectivity index (χ2v) is 6.22. The van der Waals surface area contributed by atoms with E-state index in [2.05, 4.69) is 37.2 Å². The Labute approximate surface area is 135 Å². The maximum atomic E-state index is 11.9. The van der Waals surface area contributed by atoms with Gasteiger partial charge in [-0.1, -0.05) is 6.92 Å². The third-order valence-corrected chi connectivity index (χ3v) is 4.00. The minimum atomic E-state index is -0.626. The van der Waals surface area contributed by atoms with Crippen LogP contribution in [0.2, 0.25) is 0 Å². The Morgan fingerprint density at radius 2 is 1.90 bits per heavy atom. The van der Waals surface area contributed by atoms with E-state index in [4.69, 9.17) is 4.74 Å². The van der Waals surface area contributed by atoms with Crippen LogP contribution in [0.15, 0.2) is 21.1 Å². The first-order chi connectivity index (χ1) is 9.38. The molecule has 1 aromatic carbocycles. The van der Waals surface area contributed by atoms with E-state index in [-0.39, 0.29) is 11.9 Å². The fourth-order valence-corrected chi connectivity index (χ4v) is 2.86. The predicted octanol–water partition coefficient (Wildman–Crippen LogP) is 3.71. The lowest BCUT2D eigenvalue weighted by atomic mass is 10.2. The minimum absolute atomic E-state index is 0.109. The normalized spacial score (nSPS) is 13.4. The van der Waals surface area contributed by atoms with Crippen molar-refractivity contribution in [2.45, 2.75) is 39.3 Å². The molecule has 1 N–H and O–H groups in total. The smallest absolute Gasteiger partial charge is 0.260 e. The molecule has 0 heterocycles. The van der Waals surface area contributed by atoms with Crippen LogP contribution in [0.4, 0.5) is 0 Å². The van der Waals surface area contributed by atoms with Crippen LogP contribution in [-0.2, 0) is 4.79 Å². The number of ether oxygens (including phenoxy) is 1. The van der Waals surface area contributed by atoms with Crippen molar-refractivity contribution in [2.24, 2.45) is 0 Å². The topological polar surface area (TPSA) is 55.4 Å². The zero-order valence-corrected chi connectivity index (χ0v) is 14.7. The third-order valence-electron chi connectivity index (χ3n) is 2.82. The van der Waals surface area contributed by atoms with Gasteiger partial charge in [0.15, 0.2) is 6.10 Å². The van der Waals surface area contributed by atoms with Crippen LogP contribution in [0.1, 0.15) is 37.6 Å². The van der Waals surface area contributed by atoms with Crippen molar-refractivity contribution in [1.82, 2.24) is 5.32 Å². The number of amides is 1. The quantitative estimate of drug-likeness (QED) is 0.732. The highest BCUT2D eigenvalue weighted by atomic mass is 79.9. The lowest BCUT2D eigenvalue weighted by molar-refractivity contribution is -0.127. The van der Waals surface area contributed by atoms with Crippen molar-refractivity contribution in [3.63, 3.8) is 0 Å². The number of aldehydes is 1. The summed E-state index contributed by atoms with van der Waals surface area (Å²) in [4.78, 5) is 22.7. The number of hydrogen-bond donors (Lipinski definition) is 1. The van der Waals surface area contributed by atoms with Gasteiger partial charge in [-0.3, -0.25) is 9.59 Å². The number of carbonyl (C=O) groups excluding carboxylic acids is 2. The fraction of sp³-hybridized carbons (Fsp3) is 0.429. The molecule has 0 aliphatic carbocycles. The van der Waals surface area contributed by atoms with E-state index < -0.39 is 6.10 Å². The summed E-state index contributed by atoms with van der Waals surface area (Å²) in [5.74, 6) is 0.333. The molecule has 0 aliphatic heterocycles. The third kappa shape index (κ3) is 4.59. The van der Waals surface area contributed by atoms with Crippen molar-refractivity contribution in [1.29, 1.82) is 0 Å². The van der Waals surface area contributed by atoms with Gasteiger partial charge in [0, 0.05) is 11.6 Å². The molecule has 20 heavy (non-hydrogen) atoms. The van der Waals surface area contributed by atoms with Crippen LogP contribution < -0.4 is 10.1 Å². The Kier molecular flexibility index (Phi) is 6.68. The Bertz CT molecular complexity index is 482. The van der Waals surface area contributed by atoms with Crippen molar-refractivity contribution in [2.75, 3.05) is 0 Å². The summed E-state index contributed by atoms with van der Waals surface area (Å²) in [5, 5.41) is 2.86. The summed E-state index contributed by atoms with van der Waals surface area (Å²) in [7, 11) is 0. The molecule has 0 aromatic heterocycles. The molecule has 0 aliphatic rings. The van der Waals surface area contributed by atoms with Gasteiger partial charge in [-0.25, -0.2) is 0 Å². The average Bonchev–Trinajstić information content (AvgIpc) is 2.41. The largest absolute Gasteiger partial charge is 0.479 e. The monoisotopic (exact) mass is 405 g/mol. The summed E-state index contributed by atoms with van der Waals surface area (Å²) >= 11 is 6.67. The number of rotatable bonds is 6. The van der Waals surface area contributed by atoms with Crippen LogP contribution in [0.25, 0.3) is 0 Å². The first kappa shape index (κ1) is 17.2. The molecule has 1 rings (SSSR count). The summed E-state index contributed by atoms with van der Waals surface area (Å²) in [5.41, 5.74) is 0.521. The summed E-state index contributed by atoms with van der Waals surface area (Å²) in [6.07, 6.45) is 0.983. The molecule has 0 saturated heterocycles. The van der Waals surface area contributed by atoms with E-state index >= 15 is 0 Å². The predicted molar refractivity (Wildman–Crippen MR) is 85.2 cm³/mol. The Hall–Kier alpha value is -0.880. The van der Waals surface area contributed by atoms with Crippen molar-refractivity contribution in [3.8, 4) is 5.75 Å². The Morgan fingerprint density at radius 1 is 1.35 bits per heavy atom. The molecule has 0 bridgehead atoms. The molecule has 0 saturated carbocycles. The molecule has 1 aromatic rings. The molecule has 6 heteroatoms. The summed E-state index contributed by atoms with van der Waals surface area (Å²) < 4.78 is 6.91. The van der Waals surface area contributed by atoms with Crippen molar-refractivity contribution < 1.29 is 14.3 Å². The SMILES string of the molecule is CCC(C)NC(=O)C(C)Oc1c(Br)cc(C=O)cc1Br. The highest BCUT2D eigenvalue weighted by Gasteiger charge is 2.19. The standard InChI is InChI=1S/C14H17Br2NO3/c1-4-8(2)17-14(19)9(3)20-13-11(15)5-10(7-18)6-12(13)16/h5-9H,4H2,1-3H3,(H,17,19). The van der Waals surface area contributed by atoms with Gasteiger partial charge in [0.25, 0.3) is 5.91 Å². The molecular formula is C14H17Br2NO3. The second kappa shape index (κ2) is 7.78. The number of hydrogen-bond acceptors (Lipinski definition) is 3. The van der Waals surface area contributed by atoms with E-state index in [0.29, 0.717) is 20.3 Å². The van der Waals surface area contributed by atoms with Crippen LogP contribution in [0.3, 0.4) is 0 Å². The second-order valence-electron chi connectivity index (χ2n) is 4.51. The number of benzene rings is 1. The number of carbonyl (C=O) groups is 2. The van der Waals surface area contributed by atoms with Gasteiger partial charge in [0.2, 0.25) is 0 Å². The fourth-order valence-electron chi connectivity index (χ4n) is 1.45. The van der Waals surface area contributed by atoms with Crippen LogP contribution >= 0.6 is 31.9 Å². The number of nitrogens with one attached hydrogen (secondary N) is 1. The van der Waals surface area contributed by atoms with Gasteiger partial charge >= 0.3 is 0 Å². The molecular weight excluding hydrogens is 390 g/mol. The van der Waals surface area contributed by atoms with Gasteiger partial charge in [-0.05, 0) is 64.3 Å². The zero-order valence-electron chi connectivity index (χ0n) is 11.6. The molecule has 110 valence electrons. The number of halogens is 2. The van der Waals surface area contributed by atoms with E-state index in [1.54, 1.807) is 19.1 Å². The van der Waals surface area contributed by atoms with Crippen LogP contribution in [-0.4, -0.2) is 24.3 Å².